The van der Waals surface area contributed by atoms with Crippen molar-refractivity contribution in [3.63, 3.8) is 0 Å². The smallest absolute Gasteiger partial charge is 0.258 e. The summed E-state index contributed by atoms with van der Waals surface area (Å²) in [6.45, 7) is 4.97. The molecular weight excluding hydrogens is 364 g/mol. The van der Waals surface area contributed by atoms with E-state index in [2.05, 4.69) is 33.4 Å². The molecule has 1 aliphatic rings. The lowest BCUT2D eigenvalue weighted by Gasteiger charge is -2.23. The minimum absolute atomic E-state index is 0.111. The van der Waals surface area contributed by atoms with Crippen LogP contribution in [-0.4, -0.2) is 36.6 Å². The van der Waals surface area contributed by atoms with Crippen molar-refractivity contribution in [2.45, 2.75) is 32.7 Å². The Hall–Kier alpha value is -3.32. The number of hydrogen-bond donors (Lipinski definition) is 1. The van der Waals surface area contributed by atoms with Crippen LogP contribution in [0.1, 0.15) is 31.0 Å². The van der Waals surface area contributed by atoms with Crippen LogP contribution in [0.15, 0.2) is 53.7 Å². The highest BCUT2D eigenvalue weighted by Crippen LogP contribution is 2.24. The van der Waals surface area contributed by atoms with E-state index in [1.165, 1.54) is 5.57 Å². The summed E-state index contributed by atoms with van der Waals surface area (Å²) in [7, 11) is 0. The van der Waals surface area contributed by atoms with Crippen molar-refractivity contribution in [3.8, 4) is 11.4 Å². The second-order valence-corrected chi connectivity index (χ2v) is 7.50. The van der Waals surface area contributed by atoms with Gasteiger partial charge in [-0.15, -0.1) is 0 Å². The van der Waals surface area contributed by atoms with Crippen LogP contribution in [0, 0.1) is 6.92 Å². The maximum absolute atomic E-state index is 12.8. The molecule has 0 radical (unpaired) electrons. The maximum atomic E-state index is 12.8. The third-order valence-corrected chi connectivity index (χ3v) is 5.48. The highest BCUT2D eigenvalue weighted by Gasteiger charge is 2.15. The second-order valence-electron chi connectivity index (χ2n) is 7.50. The fraction of sp³-hybridized carbons (Fsp3) is 0.273. The maximum Gasteiger partial charge on any atom is 0.258 e. The molecular formula is C22H22N6O. The Balaban J connectivity index is 1.56. The van der Waals surface area contributed by atoms with Gasteiger partial charge in [0.05, 0.1) is 29.3 Å². The Kier molecular flexibility index (Phi) is 4.24. The highest BCUT2D eigenvalue weighted by molar-refractivity contribution is 5.69. The van der Waals surface area contributed by atoms with Gasteiger partial charge in [0.25, 0.3) is 5.56 Å². The third-order valence-electron chi connectivity index (χ3n) is 5.48. The number of aromatic nitrogens is 5. The summed E-state index contributed by atoms with van der Waals surface area (Å²) in [6.07, 6.45) is 9.78. The first-order valence-electron chi connectivity index (χ1n) is 9.89. The SMILES string of the molecule is CCC1CC(c2ccc3nc(-c4cc5cnc(C)cn5n4)cc(=O)n3c2)=CCN1. The predicted molar refractivity (Wildman–Crippen MR) is 113 cm³/mol. The van der Waals surface area contributed by atoms with E-state index in [1.807, 2.05) is 37.5 Å². The van der Waals surface area contributed by atoms with Crippen LogP contribution >= 0.6 is 0 Å². The van der Waals surface area contributed by atoms with Gasteiger partial charge in [0.2, 0.25) is 0 Å². The molecule has 7 heteroatoms. The van der Waals surface area contributed by atoms with Gasteiger partial charge < -0.3 is 5.32 Å². The number of nitrogens with zero attached hydrogens (tertiary/aromatic N) is 5. The minimum atomic E-state index is -0.111. The number of fused-ring (bicyclic) bond motifs is 2. The minimum Gasteiger partial charge on any atom is -0.310 e. The van der Waals surface area contributed by atoms with E-state index >= 15 is 0 Å². The molecule has 5 rings (SSSR count). The zero-order chi connectivity index (χ0) is 20.0. The standard InChI is InChI=1S/C22H22N6O/c1-3-17-8-15(6-7-23-17)16-4-5-21-25-19(10-22(29)27(21)13-16)20-9-18-11-24-14(2)12-28(18)26-20/h4-6,9-13,17,23H,3,7-8H2,1-2H3. The monoisotopic (exact) mass is 386 g/mol. The molecule has 5 heterocycles. The summed E-state index contributed by atoms with van der Waals surface area (Å²) in [5.74, 6) is 0. The lowest BCUT2D eigenvalue weighted by Crippen LogP contribution is -2.32. The number of pyridine rings is 1. The van der Waals surface area contributed by atoms with Crippen molar-refractivity contribution in [1.82, 2.24) is 29.3 Å². The molecule has 0 fully saturated rings. The third kappa shape index (κ3) is 3.23. The van der Waals surface area contributed by atoms with E-state index in [1.54, 1.807) is 21.2 Å². The van der Waals surface area contributed by atoms with Gasteiger partial charge in [-0.3, -0.25) is 14.2 Å². The quantitative estimate of drug-likeness (QED) is 0.586. The summed E-state index contributed by atoms with van der Waals surface area (Å²) >= 11 is 0. The van der Waals surface area contributed by atoms with Crippen LogP contribution in [0.25, 0.3) is 28.1 Å². The van der Waals surface area contributed by atoms with Crippen LogP contribution in [0.2, 0.25) is 0 Å². The number of rotatable bonds is 3. The molecule has 1 N–H and O–H groups in total. The average molecular weight is 386 g/mol. The molecule has 0 aliphatic carbocycles. The Labute approximate surface area is 167 Å². The molecule has 29 heavy (non-hydrogen) atoms. The van der Waals surface area contributed by atoms with Crippen LogP contribution in [0.5, 0.6) is 0 Å². The number of hydrogen-bond acceptors (Lipinski definition) is 5. The zero-order valence-corrected chi connectivity index (χ0v) is 16.5. The van der Waals surface area contributed by atoms with Crippen molar-refractivity contribution in [3.05, 3.63) is 70.5 Å². The molecule has 146 valence electrons. The summed E-state index contributed by atoms with van der Waals surface area (Å²) in [5, 5.41) is 8.04. The first kappa shape index (κ1) is 17.8. The van der Waals surface area contributed by atoms with E-state index in [0.29, 0.717) is 23.1 Å². The first-order valence-corrected chi connectivity index (χ1v) is 9.89. The second kappa shape index (κ2) is 6.93. The summed E-state index contributed by atoms with van der Waals surface area (Å²) in [5.41, 5.74) is 5.82. The first-order chi connectivity index (χ1) is 14.1. The lowest BCUT2D eigenvalue weighted by molar-refractivity contribution is 0.521. The molecule has 4 aromatic heterocycles. The molecule has 7 nitrogen and oxygen atoms in total. The van der Waals surface area contributed by atoms with E-state index in [9.17, 15) is 4.79 Å². The van der Waals surface area contributed by atoms with Gasteiger partial charge in [0, 0.05) is 24.8 Å². The molecule has 0 aromatic carbocycles. The van der Waals surface area contributed by atoms with E-state index < -0.39 is 0 Å². The Morgan fingerprint density at radius 2 is 2.10 bits per heavy atom. The van der Waals surface area contributed by atoms with Gasteiger partial charge in [-0.2, -0.15) is 5.10 Å². The van der Waals surface area contributed by atoms with Crippen molar-refractivity contribution in [2.75, 3.05) is 6.54 Å². The summed E-state index contributed by atoms with van der Waals surface area (Å²) in [4.78, 5) is 21.8. The van der Waals surface area contributed by atoms with E-state index in [-0.39, 0.29) is 5.56 Å². The molecule has 1 aliphatic heterocycles. The number of nitrogens with one attached hydrogen (secondary N) is 1. The molecule has 0 bridgehead atoms. The largest absolute Gasteiger partial charge is 0.310 e. The van der Waals surface area contributed by atoms with Crippen molar-refractivity contribution >= 4 is 16.7 Å². The topological polar surface area (TPSA) is 76.6 Å². The van der Waals surface area contributed by atoms with Gasteiger partial charge in [-0.05, 0) is 49.1 Å². The van der Waals surface area contributed by atoms with Gasteiger partial charge in [0.1, 0.15) is 11.3 Å². The van der Waals surface area contributed by atoms with Gasteiger partial charge in [-0.1, -0.05) is 13.0 Å². The van der Waals surface area contributed by atoms with Crippen molar-refractivity contribution in [2.24, 2.45) is 0 Å². The van der Waals surface area contributed by atoms with Gasteiger partial charge >= 0.3 is 0 Å². The van der Waals surface area contributed by atoms with Crippen molar-refractivity contribution < 1.29 is 0 Å². The molecule has 1 unspecified atom stereocenters. The molecule has 4 aromatic rings. The Bertz CT molecular complexity index is 1320. The zero-order valence-electron chi connectivity index (χ0n) is 16.5. The van der Waals surface area contributed by atoms with E-state index in [0.717, 1.165) is 36.2 Å². The molecule has 0 saturated carbocycles. The fourth-order valence-electron chi connectivity index (χ4n) is 3.83. The van der Waals surface area contributed by atoms with Gasteiger partial charge in [0.15, 0.2) is 0 Å². The average Bonchev–Trinajstić information content (AvgIpc) is 3.17. The summed E-state index contributed by atoms with van der Waals surface area (Å²) in [6, 6.07) is 7.88. The molecule has 0 amide bonds. The summed E-state index contributed by atoms with van der Waals surface area (Å²) < 4.78 is 3.38. The Morgan fingerprint density at radius 1 is 1.21 bits per heavy atom. The molecule has 0 spiro atoms. The van der Waals surface area contributed by atoms with Crippen LogP contribution in [0.3, 0.4) is 0 Å². The van der Waals surface area contributed by atoms with Crippen molar-refractivity contribution in [1.29, 1.82) is 0 Å². The van der Waals surface area contributed by atoms with Crippen LogP contribution in [0.4, 0.5) is 0 Å². The van der Waals surface area contributed by atoms with Gasteiger partial charge in [-0.25, -0.2) is 9.50 Å². The highest BCUT2D eigenvalue weighted by atomic mass is 16.1. The lowest BCUT2D eigenvalue weighted by atomic mass is 9.95. The molecule has 0 saturated heterocycles. The fourth-order valence-corrected chi connectivity index (χ4v) is 3.83. The molecule has 1 atom stereocenters. The number of aryl methyl sites for hydroxylation is 1. The van der Waals surface area contributed by atoms with Crippen LogP contribution < -0.4 is 10.9 Å². The predicted octanol–water partition coefficient (Wildman–Crippen LogP) is 2.87. The Morgan fingerprint density at radius 3 is 2.97 bits per heavy atom. The normalized spacial score (nSPS) is 17.0. The van der Waals surface area contributed by atoms with Crippen LogP contribution in [-0.2, 0) is 0 Å². The van der Waals surface area contributed by atoms with E-state index in [4.69, 9.17) is 0 Å².